The van der Waals surface area contributed by atoms with Gasteiger partial charge in [0.15, 0.2) is 0 Å². The fourth-order valence-corrected chi connectivity index (χ4v) is 3.75. The number of ether oxygens (including phenoxy) is 1. The van der Waals surface area contributed by atoms with Crippen molar-refractivity contribution in [3.8, 4) is 0 Å². The zero-order valence-corrected chi connectivity index (χ0v) is 16.2. The molecule has 0 radical (unpaired) electrons. The van der Waals surface area contributed by atoms with E-state index in [0.29, 0.717) is 28.2 Å². The first kappa shape index (κ1) is 19.4. The fraction of sp³-hybridized carbons (Fsp3) is 0.556. The molecule has 1 aromatic rings. The summed E-state index contributed by atoms with van der Waals surface area (Å²) in [6.45, 7) is 6.02. The van der Waals surface area contributed by atoms with Crippen LogP contribution in [0, 0.1) is 0 Å². The van der Waals surface area contributed by atoms with Crippen molar-refractivity contribution in [1.29, 1.82) is 0 Å². The van der Waals surface area contributed by atoms with Gasteiger partial charge in [-0.05, 0) is 31.5 Å². The van der Waals surface area contributed by atoms with Gasteiger partial charge in [-0.25, -0.2) is 0 Å². The smallest absolute Gasteiger partial charge is 0.251 e. The lowest BCUT2D eigenvalue weighted by molar-refractivity contribution is -0.129. The highest BCUT2D eigenvalue weighted by molar-refractivity contribution is 6.42. The SMILES string of the molecule is CC1CN(C2CCN(C(=O)CNC(=O)c3ccc(Cl)c(Cl)c3)C2)CCO1. The normalized spacial score (nSPS) is 23.9. The molecule has 2 atom stereocenters. The number of rotatable bonds is 4. The number of nitrogens with zero attached hydrogens (tertiary/aromatic N) is 2. The molecular formula is C18H23Cl2N3O3. The molecule has 1 N–H and O–H groups in total. The average molecular weight is 400 g/mol. The topological polar surface area (TPSA) is 61.9 Å². The van der Waals surface area contributed by atoms with Crippen LogP contribution in [-0.2, 0) is 9.53 Å². The summed E-state index contributed by atoms with van der Waals surface area (Å²) in [5.74, 6) is -0.406. The van der Waals surface area contributed by atoms with Crippen LogP contribution in [0.25, 0.3) is 0 Å². The molecule has 2 unspecified atom stereocenters. The van der Waals surface area contributed by atoms with Crippen molar-refractivity contribution >= 4 is 35.0 Å². The Balaban J connectivity index is 1.48. The number of hydrogen-bond donors (Lipinski definition) is 1. The molecule has 2 fully saturated rings. The Bertz CT molecular complexity index is 686. The van der Waals surface area contributed by atoms with Crippen molar-refractivity contribution in [3.05, 3.63) is 33.8 Å². The third-order valence-electron chi connectivity index (χ3n) is 4.89. The second-order valence-electron chi connectivity index (χ2n) is 6.77. The van der Waals surface area contributed by atoms with E-state index in [9.17, 15) is 9.59 Å². The summed E-state index contributed by atoms with van der Waals surface area (Å²) in [5.41, 5.74) is 0.383. The van der Waals surface area contributed by atoms with Crippen molar-refractivity contribution in [2.24, 2.45) is 0 Å². The van der Waals surface area contributed by atoms with E-state index < -0.39 is 0 Å². The van der Waals surface area contributed by atoms with Gasteiger partial charge in [-0.2, -0.15) is 0 Å². The first-order chi connectivity index (χ1) is 12.4. The van der Waals surface area contributed by atoms with Crippen LogP contribution in [0.3, 0.4) is 0 Å². The maximum atomic E-state index is 12.4. The Labute approximate surface area is 163 Å². The summed E-state index contributed by atoms with van der Waals surface area (Å²) in [4.78, 5) is 28.8. The summed E-state index contributed by atoms with van der Waals surface area (Å²) in [6.07, 6.45) is 1.19. The number of amides is 2. The van der Waals surface area contributed by atoms with E-state index >= 15 is 0 Å². The summed E-state index contributed by atoms with van der Waals surface area (Å²) < 4.78 is 5.58. The Morgan fingerprint density at radius 1 is 1.23 bits per heavy atom. The Morgan fingerprint density at radius 3 is 2.77 bits per heavy atom. The molecule has 0 saturated carbocycles. The number of nitrogens with one attached hydrogen (secondary N) is 1. The highest BCUT2D eigenvalue weighted by atomic mass is 35.5. The van der Waals surface area contributed by atoms with Gasteiger partial charge in [0.2, 0.25) is 5.91 Å². The van der Waals surface area contributed by atoms with Gasteiger partial charge in [-0.1, -0.05) is 23.2 Å². The number of morpholine rings is 1. The van der Waals surface area contributed by atoms with Gasteiger partial charge >= 0.3 is 0 Å². The Hall–Kier alpha value is -1.34. The van der Waals surface area contributed by atoms with Crippen molar-refractivity contribution in [1.82, 2.24) is 15.1 Å². The highest BCUT2D eigenvalue weighted by Crippen LogP contribution is 2.22. The first-order valence-electron chi connectivity index (χ1n) is 8.80. The van der Waals surface area contributed by atoms with Crippen molar-refractivity contribution in [3.63, 3.8) is 0 Å². The Kier molecular flexibility index (Phi) is 6.40. The second-order valence-corrected chi connectivity index (χ2v) is 7.58. The predicted octanol–water partition coefficient (Wildman–Crippen LogP) is 2.04. The zero-order valence-electron chi connectivity index (χ0n) is 14.7. The summed E-state index contributed by atoms with van der Waals surface area (Å²) >= 11 is 11.8. The number of halogens is 2. The minimum absolute atomic E-state index is 0.0225. The molecule has 0 aromatic heterocycles. The van der Waals surface area contributed by atoms with Gasteiger partial charge in [0.05, 0.1) is 29.3 Å². The minimum Gasteiger partial charge on any atom is -0.376 e. The molecule has 2 aliphatic heterocycles. The van der Waals surface area contributed by atoms with Crippen LogP contribution in [0.2, 0.25) is 10.0 Å². The van der Waals surface area contributed by atoms with Gasteiger partial charge in [0.1, 0.15) is 0 Å². The van der Waals surface area contributed by atoms with Crippen molar-refractivity contribution < 1.29 is 14.3 Å². The van der Waals surface area contributed by atoms with E-state index in [2.05, 4.69) is 17.1 Å². The quantitative estimate of drug-likeness (QED) is 0.841. The second kappa shape index (κ2) is 8.57. The first-order valence-corrected chi connectivity index (χ1v) is 9.56. The molecule has 3 rings (SSSR count). The molecule has 6 nitrogen and oxygen atoms in total. The van der Waals surface area contributed by atoms with Gasteiger partial charge < -0.3 is 15.0 Å². The van der Waals surface area contributed by atoms with E-state index in [1.807, 2.05) is 4.90 Å². The minimum atomic E-state index is -0.338. The monoisotopic (exact) mass is 399 g/mol. The number of carbonyl (C=O) groups is 2. The van der Waals surface area contributed by atoms with Gasteiger partial charge in [0.25, 0.3) is 5.91 Å². The van der Waals surface area contributed by atoms with Crippen LogP contribution in [0.15, 0.2) is 18.2 Å². The van der Waals surface area contributed by atoms with Crippen LogP contribution < -0.4 is 5.32 Å². The molecule has 2 saturated heterocycles. The molecule has 142 valence electrons. The van der Waals surface area contributed by atoms with Crippen LogP contribution in [0.4, 0.5) is 0 Å². The average Bonchev–Trinajstić information content (AvgIpc) is 3.12. The molecule has 0 aliphatic carbocycles. The molecule has 2 heterocycles. The van der Waals surface area contributed by atoms with Crippen LogP contribution in [0.1, 0.15) is 23.7 Å². The molecule has 0 bridgehead atoms. The lowest BCUT2D eigenvalue weighted by Crippen LogP contribution is -2.48. The van der Waals surface area contributed by atoms with Crippen molar-refractivity contribution in [2.45, 2.75) is 25.5 Å². The lowest BCUT2D eigenvalue weighted by Gasteiger charge is -2.35. The molecule has 2 aliphatic rings. The third-order valence-corrected chi connectivity index (χ3v) is 5.63. The standard InChI is InChI=1S/C18H23Cl2N3O3/c1-12-10-22(6-7-26-12)14-4-5-23(11-14)17(24)9-21-18(25)13-2-3-15(19)16(20)8-13/h2-3,8,12,14H,4-7,9-11H2,1H3,(H,21,25). The number of benzene rings is 1. The molecule has 0 spiro atoms. The van der Waals surface area contributed by atoms with Gasteiger partial charge in [-0.3, -0.25) is 14.5 Å². The maximum Gasteiger partial charge on any atom is 0.251 e. The van der Waals surface area contributed by atoms with E-state index in [1.165, 1.54) is 6.07 Å². The van der Waals surface area contributed by atoms with E-state index in [-0.39, 0.29) is 24.5 Å². The fourth-order valence-electron chi connectivity index (χ4n) is 3.45. The van der Waals surface area contributed by atoms with Gasteiger partial charge in [0, 0.05) is 37.8 Å². The van der Waals surface area contributed by atoms with Crippen molar-refractivity contribution in [2.75, 3.05) is 39.3 Å². The third kappa shape index (κ3) is 4.68. The largest absolute Gasteiger partial charge is 0.376 e. The van der Waals surface area contributed by atoms with Crippen LogP contribution in [-0.4, -0.2) is 73.1 Å². The molecule has 26 heavy (non-hydrogen) atoms. The molecule has 2 amide bonds. The molecule has 1 aromatic carbocycles. The number of hydrogen-bond acceptors (Lipinski definition) is 4. The molecular weight excluding hydrogens is 377 g/mol. The zero-order chi connectivity index (χ0) is 18.7. The lowest BCUT2D eigenvalue weighted by atomic mass is 10.2. The van der Waals surface area contributed by atoms with E-state index in [0.717, 1.165) is 32.7 Å². The maximum absolute atomic E-state index is 12.4. The summed E-state index contributed by atoms with van der Waals surface area (Å²) in [7, 11) is 0. The van der Waals surface area contributed by atoms with Gasteiger partial charge in [-0.15, -0.1) is 0 Å². The van der Waals surface area contributed by atoms with E-state index in [4.69, 9.17) is 27.9 Å². The van der Waals surface area contributed by atoms with Crippen LogP contribution in [0.5, 0.6) is 0 Å². The number of carbonyl (C=O) groups excluding carboxylic acids is 2. The predicted molar refractivity (Wildman–Crippen MR) is 101 cm³/mol. The highest BCUT2D eigenvalue weighted by Gasteiger charge is 2.32. The Morgan fingerprint density at radius 2 is 2.04 bits per heavy atom. The summed E-state index contributed by atoms with van der Waals surface area (Å²) in [5, 5.41) is 3.36. The molecule has 8 heteroatoms. The van der Waals surface area contributed by atoms with E-state index in [1.54, 1.807) is 12.1 Å². The summed E-state index contributed by atoms with van der Waals surface area (Å²) in [6, 6.07) is 5.01. The van der Waals surface area contributed by atoms with Crippen LogP contribution >= 0.6 is 23.2 Å². The number of likely N-dealkylation sites (tertiary alicyclic amines) is 1.